The van der Waals surface area contributed by atoms with Crippen molar-refractivity contribution in [2.75, 3.05) is 19.6 Å². The van der Waals surface area contributed by atoms with E-state index < -0.39 is 0 Å². The van der Waals surface area contributed by atoms with Crippen molar-refractivity contribution >= 4 is 0 Å². The standard InChI is InChI=1S/C18H36N2/c1-15(2)10-11-16(3)20-13-7-12-19-18(14-20)17-8-5-4-6-9-17/h15-19H,4-14H2,1-3H3. The summed E-state index contributed by atoms with van der Waals surface area (Å²) in [7, 11) is 0. The van der Waals surface area contributed by atoms with Crippen LogP contribution in [0.2, 0.25) is 0 Å². The molecule has 118 valence electrons. The summed E-state index contributed by atoms with van der Waals surface area (Å²) in [5.41, 5.74) is 0. The van der Waals surface area contributed by atoms with E-state index in [1.54, 1.807) is 0 Å². The number of rotatable bonds is 5. The molecule has 1 saturated heterocycles. The van der Waals surface area contributed by atoms with Crippen LogP contribution >= 0.6 is 0 Å². The molecule has 1 aliphatic carbocycles. The molecule has 0 aromatic rings. The number of hydrogen-bond donors (Lipinski definition) is 1. The molecule has 2 aliphatic rings. The fourth-order valence-electron chi connectivity index (χ4n) is 3.99. The highest BCUT2D eigenvalue weighted by Crippen LogP contribution is 2.28. The van der Waals surface area contributed by atoms with E-state index in [0.717, 1.165) is 23.9 Å². The van der Waals surface area contributed by atoms with Crippen LogP contribution in [0.1, 0.15) is 72.1 Å². The van der Waals surface area contributed by atoms with Crippen molar-refractivity contribution in [2.45, 2.75) is 84.2 Å². The van der Waals surface area contributed by atoms with Crippen LogP contribution in [0, 0.1) is 11.8 Å². The lowest BCUT2D eigenvalue weighted by molar-refractivity contribution is 0.160. The maximum Gasteiger partial charge on any atom is 0.0223 e. The Morgan fingerprint density at radius 1 is 1.00 bits per heavy atom. The Morgan fingerprint density at radius 3 is 2.45 bits per heavy atom. The zero-order valence-corrected chi connectivity index (χ0v) is 14.0. The molecule has 2 nitrogen and oxygen atoms in total. The van der Waals surface area contributed by atoms with Crippen molar-refractivity contribution in [3.63, 3.8) is 0 Å². The van der Waals surface area contributed by atoms with Crippen LogP contribution in [0.15, 0.2) is 0 Å². The molecule has 1 saturated carbocycles. The third kappa shape index (κ3) is 5.04. The van der Waals surface area contributed by atoms with Gasteiger partial charge in [-0.3, -0.25) is 4.90 Å². The molecule has 0 spiro atoms. The summed E-state index contributed by atoms with van der Waals surface area (Å²) in [4.78, 5) is 2.78. The van der Waals surface area contributed by atoms with Crippen molar-refractivity contribution in [3.8, 4) is 0 Å². The van der Waals surface area contributed by atoms with Crippen molar-refractivity contribution in [1.29, 1.82) is 0 Å². The summed E-state index contributed by atoms with van der Waals surface area (Å²) in [6.45, 7) is 11.0. The van der Waals surface area contributed by atoms with Gasteiger partial charge in [0.25, 0.3) is 0 Å². The van der Waals surface area contributed by atoms with Crippen molar-refractivity contribution < 1.29 is 0 Å². The summed E-state index contributed by atoms with van der Waals surface area (Å²) < 4.78 is 0. The van der Waals surface area contributed by atoms with Gasteiger partial charge in [0, 0.05) is 18.6 Å². The molecule has 20 heavy (non-hydrogen) atoms. The van der Waals surface area contributed by atoms with Gasteiger partial charge >= 0.3 is 0 Å². The summed E-state index contributed by atoms with van der Waals surface area (Å²) in [6.07, 6.45) is 11.4. The molecule has 1 heterocycles. The average Bonchev–Trinajstić information content (AvgIpc) is 2.71. The first kappa shape index (κ1) is 16.3. The molecular formula is C18H36N2. The fourth-order valence-corrected chi connectivity index (χ4v) is 3.99. The van der Waals surface area contributed by atoms with E-state index in [0.29, 0.717) is 0 Å². The molecule has 0 bridgehead atoms. The first-order valence-electron chi connectivity index (χ1n) is 9.14. The highest BCUT2D eigenvalue weighted by molar-refractivity contribution is 4.86. The van der Waals surface area contributed by atoms with Gasteiger partial charge in [-0.2, -0.15) is 0 Å². The van der Waals surface area contributed by atoms with Crippen LogP contribution in [-0.2, 0) is 0 Å². The molecule has 0 aromatic carbocycles. The van der Waals surface area contributed by atoms with Gasteiger partial charge in [-0.25, -0.2) is 0 Å². The van der Waals surface area contributed by atoms with Crippen LogP contribution in [0.5, 0.6) is 0 Å². The van der Waals surface area contributed by atoms with Gasteiger partial charge < -0.3 is 5.32 Å². The van der Waals surface area contributed by atoms with E-state index in [1.165, 1.54) is 71.0 Å². The van der Waals surface area contributed by atoms with Gasteiger partial charge in [-0.05, 0) is 64.0 Å². The van der Waals surface area contributed by atoms with E-state index in [4.69, 9.17) is 0 Å². The third-order valence-corrected chi connectivity index (χ3v) is 5.46. The highest BCUT2D eigenvalue weighted by Gasteiger charge is 2.28. The van der Waals surface area contributed by atoms with Gasteiger partial charge in [0.1, 0.15) is 0 Å². The number of nitrogens with one attached hydrogen (secondary N) is 1. The molecule has 0 radical (unpaired) electrons. The normalized spacial score (nSPS) is 28.5. The Kier molecular flexibility index (Phi) is 6.83. The topological polar surface area (TPSA) is 15.3 Å². The molecular weight excluding hydrogens is 244 g/mol. The van der Waals surface area contributed by atoms with Crippen LogP contribution in [-0.4, -0.2) is 36.6 Å². The SMILES string of the molecule is CC(C)CCC(C)N1CCCNC(C2CCCCC2)C1. The monoisotopic (exact) mass is 280 g/mol. The van der Waals surface area contributed by atoms with Gasteiger partial charge in [0.05, 0.1) is 0 Å². The maximum absolute atomic E-state index is 3.86. The van der Waals surface area contributed by atoms with Crippen molar-refractivity contribution in [2.24, 2.45) is 11.8 Å². The molecule has 2 unspecified atom stereocenters. The van der Waals surface area contributed by atoms with Crippen LogP contribution in [0.3, 0.4) is 0 Å². The lowest BCUT2D eigenvalue weighted by atomic mass is 9.83. The second-order valence-electron chi connectivity index (χ2n) is 7.63. The van der Waals surface area contributed by atoms with Crippen LogP contribution in [0.4, 0.5) is 0 Å². The van der Waals surface area contributed by atoms with Gasteiger partial charge in [0.15, 0.2) is 0 Å². The van der Waals surface area contributed by atoms with E-state index >= 15 is 0 Å². The molecule has 0 aromatic heterocycles. The summed E-state index contributed by atoms with van der Waals surface area (Å²) in [6, 6.07) is 1.53. The third-order valence-electron chi connectivity index (χ3n) is 5.46. The maximum atomic E-state index is 3.86. The van der Waals surface area contributed by atoms with E-state index in [2.05, 4.69) is 31.0 Å². The number of hydrogen-bond acceptors (Lipinski definition) is 2. The molecule has 0 amide bonds. The summed E-state index contributed by atoms with van der Waals surface area (Å²) >= 11 is 0. The van der Waals surface area contributed by atoms with Crippen LogP contribution in [0.25, 0.3) is 0 Å². The Morgan fingerprint density at radius 2 is 1.75 bits per heavy atom. The quantitative estimate of drug-likeness (QED) is 0.817. The summed E-state index contributed by atoms with van der Waals surface area (Å²) in [5.74, 6) is 1.79. The van der Waals surface area contributed by atoms with E-state index in [-0.39, 0.29) is 0 Å². The Balaban J connectivity index is 1.85. The molecule has 1 N–H and O–H groups in total. The largest absolute Gasteiger partial charge is 0.312 e. The predicted octanol–water partition coefficient (Wildman–Crippen LogP) is 4.06. The highest BCUT2D eigenvalue weighted by atomic mass is 15.2. The number of nitrogens with zero attached hydrogens (tertiary/aromatic N) is 1. The van der Waals surface area contributed by atoms with E-state index in [1.807, 2.05) is 0 Å². The predicted molar refractivity (Wildman–Crippen MR) is 88.1 cm³/mol. The van der Waals surface area contributed by atoms with Gasteiger partial charge in [0.2, 0.25) is 0 Å². The molecule has 2 fully saturated rings. The van der Waals surface area contributed by atoms with Crippen molar-refractivity contribution in [3.05, 3.63) is 0 Å². The smallest absolute Gasteiger partial charge is 0.0223 e. The minimum absolute atomic E-state index is 0.763. The molecule has 2 heteroatoms. The lowest BCUT2D eigenvalue weighted by Gasteiger charge is -2.35. The minimum Gasteiger partial charge on any atom is -0.312 e. The molecule has 2 rings (SSSR count). The lowest BCUT2D eigenvalue weighted by Crippen LogP contribution is -2.46. The molecule has 1 aliphatic heterocycles. The minimum atomic E-state index is 0.763. The Bertz CT molecular complexity index is 258. The second kappa shape index (κ2) is 8.38. The summed E-state index contributed by atoms with van der Waals surface area (Å²) in [5, 5.41) is 3.86. The van der Waals surface area contributed by atoms with E-state index in [9.17, 15) is 0 Å². The average molecular weight is 280 g/mol. The van der Waals surface area contributed by atoms with Gasteiger partial charge in [-0.15, -0.1) is 0 Å². The Labute approximate surface area is 126 Å². The van der Waals surface area contributed by atoms with Crippen LogP contribution < -0.4 is 5.32 Å². The zero-order valence-electron chi connectivity index (χ0n) is 14.0. The second-order valence-corrected chi connectivity index (χ2v) is 7.63. The first-order valence-corrected chi connectivity index (χ1v) is 9.14. The molecule has 2 atom stereocenters. The van der Waals surface area contributed by atoms with Gasteiger partial charge in [-0.1, -0.05) is 33.1 Å². The van der Waals surface area contributed by atoms with Crippen molar-refractivity contribution in [1.82, 2.24) is 10.2 Å². The Hall–Kier alpha value is -0.0800. The first-order chi connectivity index (χ1) is 9.66. The fraction of sp³-hybridized carbons (Fsp3) is 1.00. The zero-order chi connectivity index (χ0) is 14.4.